The van der Waals surface area contributed by atoms with Crippen LogP contribution in [0.4, 0.5) is 0 Å². The first-order chi connectivity index (χ1) is 10.7. The second-order valence-electron chi connectivity index (χ2n) is 7.37. The molecule has 3 fully saturated rings. The normalized spacial score (nSPS) is 25.0. The van der Waals surface area contributed by atoms with Gasteiger partial charge in [-0.05, 0) is 51.0 Å². The summed E-state index contributed by atoms with van der Waals surface area (Å²) in [5, 5.41) is 0. The van der Waals surface area contributed by atoms with E-state index >= 15 is 0 Å². The van der Waals surface area contributed by atoms with Gasteiger partial charge < -0.3 is 9.47 Å². The molecule has 0 unspecified atom stereocenters. The van der Waals surface area contributed by atoms with Gasteiger partial charge in [0.05, 0.1) is 0 Å². The highest BCUT2D eigenvalue weighted by molar-refractivity contribution is 5.90. The van der Waals surface area contributed by atoms with Crippen molar-refractivity contribution in [1.29, 1.82) is 0 Å². The molecular weight excluding hydrogens is 276 g/mol. The summed E-state index contributed by atoms with van der Waals surface area (Å²) in [4.78, 5) is 21.5. The molecule has 5 nitrogen and oxygen atoms in total. The topological polar surface area (TPSA) is 41.4 Å². The van der Waals surface area contributed by atoms with Crippen molar-refractivity contribution in [2.75, 3.05) is 26.2 Å². The number of rotatable bonds is 3. The van der Waals surface area contributed by atoms with E-state index in [0.29, 0.717) is 11.4 Å². The molecule has 1 aromatic heterocycles. The van der Waals surface area contributed by atoms with Crippen LogP contribution in [0.2, 0.25) is 0 Å². The summed E-state index contributed by atoms with van der Waals surface area (Å²) in [7, 11) is 1.89. The molecule has 0 N–H and O–H groups in total. The SMILES string of the molecule is Cn1ccnc1C(=O)N1CCC2(CCCN2CC2CC2)CC1. The Labute approximate surface area is 132 Å². The zero-order chi connectivity index (χ0) is 15.2. The quantitative estimate of drug-likeness (QED) is 0.856. The van der Waals surface area contributed by atoms with Crippen LogP contribution >= 0.6 is 0 Å². The lowest BCUT2D eigenvalue weighted by molar-refractivity contribution is 0.0386. The van der Waals surface area contributed by atoms with Gasteiger partial charge in [-0.2, -0.15) is 0 Å². The lowest BCUT2D eigenvalue weighted by Gasteiger charge is -2.45. The van der Waals surface area contributed by atoms with E-state index in [-0.39, 0.29) is 5.91 Å². The van der Waals surface area contributed by atoms with E-state index in [2.05, 4.69) is 9.88 Å². The van der Waals surface area contributed by atoms with Crippen LogP contribution in [0.5, 0.6) is 0 Å². The van der Waals surface area contributed by atoms with E-state index in [0.717, 1.165) is 31.8 Å². The predicted molar refractivity (Wildman–Crippen MR) is 84.6 cm³/mol. The molecule has 0 radical (unpaired) electrons. The number of carbonyl (C=O) groups excluding carboxylic acids is 1. The summed E-state index contributed by atoms with van der Waals surface area (Å²) in [5.41, 5.74) is 0.390. The number of aromatic nitrogens is 2. The molecule has 22 heavy (non-hydrogen) atoms. The molecule has 1 saturated carbocycles. The summed E-state index contributed by atoms with van der Waals surface area (Å²) in [6.07, 6.45) is 11.3. The third kappa shape index (κ3) is 2.45. The van der Waals surface area contributed by atoms with Gasteiger partial charge in [-0.15, -0.1) is 0 Å². The standard InChI is InChI=1S/C17H26N4O/c1-19-12-8-18-15(19)16(22)20-10-6-17(7-11-20)5-2-9-21(17)13-14-3-4-14/h8,12,14H,2-7,9-11,13H2,1H3. The van der Waals surface area contributed by atoms with Crippen molar-refractivity contribution in [3.05, 3.63) is 18.2 Å². The molecule has 0 atom stereocenters. The Kier molecular flexibility index (Phi) is 3.48. The summed E-state index contributed by atoms with van der Waals surface area (Å²) in [6, 6.07) is 0. The summed E-state index contributed by atoms with van der Waals surface area (Å²) < 4.78 is 1.82. The van der Waals surface area contributed by atoms with Crippen LogP contribution in [0.15, 0.2) is 12.4 Å². The van der Waals surface area contributed by atoms with Crippen LogP contribution in [-0.4, -0.2) is 57.0 Å². The fraction of sp³-hybridized carbons (Fsp3) is 0.765. The van der Waals surface area contributed by atoms with Crippen LogP contribution < -0.4 is 0 Å². The second-order valence-corrected chi connectivity index (χ2v) is 7.37. The number of hydrogen-bond donors (Lipinski definition) is 0. The van der Waals surface area contributed by atoms with Gasteiger partial charge >= 0.3 is 0 Å². The molecule has 120 valence electrons. The maximum Gasteiger partial charge on any atom is 0.289 e. The molecule has 1 amide bonds. The van der Waals surface area contributed by atoms with Crippen LogP contribution in [0.3, 0.4) is 0 Å². The third-order valence-electron chi connectivity index (χ3n) is 5.91. The first-order valence-corrected chi connectivity index (χ1v) is 8.70. The average molecular weight is 302 g/mol. The maximum absolute atomic E-state index is 12.6. The molecule has 4 rings (SSSR count). The van der Waals surface area contributed by atoms with E-state index in [9.17, 15) is 4.79 Å². The Morgan fingerprint density at radius 1 is 1.27 bits per heavy atom. The smallest absolute Gasteiger partial charge is 0.289 e. The van der Waals surface area contributed by atoms with Crippen molar-refractivity contribution in [3.63, 3.8) is 0 Å². The molecule has 1 spiro atoms. The Morgan fingerprint density at radius 3 is 2.68 bits per heavy atom. The van der Waals surface area contributed by atoms with Crippen LogP contribution in [0.1, 0.15) is 49.1 Å². The van der Waals surface area contributed by atoms with E-state index in [1.54, 1.807) is 6.20 Å². The summed E-state index contributed by atoms with van der Waals surface area (Å²) in [6.45, 7) is 4.33. The van der Waals surface area contributed by atoms with Crippen molar-refractivity contribution in [1.82, 2.24) is 19.4 Å². The highest BCUT2D eigenvalue weighted by Crippen LogP contribution is 2.41. The predicted octanol–water partition coefficient (Wildman–Crippen LogP) is 1.90. The van der Waals surface area contributed by atoms with Crippen molar-refractivity contribution in [2.24, 2.45) is 13.0 Å². The fourth-order valence-corrected chi connectivity index (χ4v) is 4.30. The third-order valence-corrected chi connectivity index (χ3v) is 5.91. The Morgan fingerprint density at radius 2 is 2.05 bits per heavy atom. The number of amides is 1. The van der Waals surface area contributed by atoms with Gasteiger partial charge in [0.15, 0.2) is 5.82 Å². The van der Waals surface area contributed by atoms with E-state index in [1.807, 2.05) is 22.7 Å². The van der Waals surface area contributed by atoms with Crippen LogP contribution in [0, 0.1) is 5.92 Å². The molecule has 2 saturated heterocycles. The Balaban J connectivity index is 1.41. The molecular formula is C17H26N4O. The molecule has 0 bridgehead atoms. The maximum atomic E-state index is 12.6. The monoisotopic (exact) mass is 302 g/mol. The molecule has 2 aliphatic heterocycles. The van der Waals surface area contributed by atoms with Crippen LogP contribution in [-0.2, 0) is 7.05 Å². The van der Waals surface area contributed by atoms with E-state index < -0.39 is 0 Å². The molecule has 5 heteroatoms. The number of aryl methyl sites for hydroxylation is 1. The Bertz CT molecular complexity index is 555. The average Bonchev–Trinajstić information content (AvgIpc) is 3.12. The largest absolute Gasteiger partial charge is 0.336 e. The molecule has 3 aliphatic rings. The number of imidazole rings is 1. The summed E-state index contributed by atoms with van der Waals surface area (Å²) in [5.74, 6) is 1.62. The Hall–Kier alpha value is -1.36. The fourth-order valence-electron chi connectivity index (χ4n) is 4.30. The van der Waals surface area contributed by atoms with Crippen molar-refractivity contribution >= 4 is 5.91 Å². The van der Waals surface area contributed by atoms with Gasteiger partial charge in [0, 0.05) is 44.6 Å². The minimum absolute atomic E-state index is 0.0917. The van der Waals surface area contributed by atoms with Crippen molar-refractivity contribution in [3.8, 4) is 0 Å². The van der Waals surface area contributed by atoms with Crippen LogP contribution in [0.25, 0.3) is 0 Å². The number of likely N-dealkylation sites (tertiary alicyclic amines) is 2. The molecule has 1 aliphatic carbocycles. The van der Waals surface area contributed by atoms with E-state index in [1.165, 1.54) is 38.8 Å². The zero-order valence-electron chi connectivity index (χ0n) is 13.5. The minimum atomic E-state index is 0.0917. The minimum Gasteiger partial charge on any atom is -0.336 e. The van der Waals surface area contributed by atoms with Gasteiger partial charge in [0.2, 0.25) is 0 Å². The zero-order valence-corrected chi connectivity index (χ0v) is 13.5. The number of hydrogen-bond acceptors (Lipinski definition) is 3. The van der Waals surface area contributed by atoms with Gasteiger partial charge in [0.25, 0.3) is 5.91 Å². The van der Waals surface area contributed by atoms with Gasteiger partial charge in [-0.1, -0.05) is 0 Å². The first kappa shape index (κ1) is 14.2. The number of nitrogens with zero attached hydrogens (tertiary/aromatic N) is 4. The summed E-state index contributed by atoms with van der Waals surface area (Å²) >= 11 is 0. The first-order valence-electron chi connectivity index (χ1n) is 8.70. The lowest BCUT2D eigenvalue weighted by atomic mass is 9.84. The second kappa shape index (κ2) is 5.37. The van der Waals surface area contributed by atoms with Gasteiger partial charge in [0.1, 0.15) is 0 Å². The highest BCUT2D eigenvalue weighted by Gasteiger charge is 2.45. The number of piperidine rings is 1. The molecule has 1 aromatic rings. The molecule has 0 aromatic carbocycles. The van der Waals surface area contributed by atoms with Gasteiger partial charge in [-0.25, -0.2) is 4.98 Å². The number of carbonyl (C=O) groups is 1. The lowest BCUT2D eigenvalue weighted by Crippen LogP contribution is -2.53. The van der Waals surface area contributed by atoms with Gasteiger partial charge in [-0.3, -0.25) is 9.69 Å². The highest BCUT2D eigenvalue weighted by atomic mass is 16.2. The van der Waals surface area contributed by atoms with E-state index in [4.69, 9.17) is 0 Å². The van der Waals surface area contributed by atoms with Crippen molar-refractivity contribution < 1.29 is 4.79 Å². The van der Waals surface area contributed by atoms with Crippen molar-refractivity contribution in [2.45, 2.75) is 44.1 Å². The molecule has 3 heterocycles.